The highest BCUT2D eigenvalue weighted by Crippen LogP contribution is 2.25. The van der Waals surface area contributed by atoms with Gasteiger partial charge in [0.25, 0.3) is 5.91 Å². The number of nitro groups is 1. The van der Waals surface area contributed by atoms with Crippen LogP contribution in [0.4, 0.5) is 5.69 Å². The zero-order valence-corrected chi connectivity index (χ0v) is 17.5. The molecule has 13 heteroatoms. The summed E-state index contributed by atoms with van der Waals surface area (Å²) in [5.74, 6) is -0.535. The van der Waals surface area contributed by atoms with Gasteiger partial charge in [-0.2, -0.15) is 14.5 Å². The molecule has 2 aromatic heterocycles. The third kappa shape index (κ3) is 3.62. The highest BCUT2D eigenvalue weighted by molar-refractivity contribution is 7.89. The molecule has 1 fully saturated rings. The summed E-state index contributed by atoms with van der Waals surface area (Å²) in [4.78, 5) is 25.1. The van der Waals surface area contributed by atoms with Gasteiger partial charge in [0.2, 0.25) is 15.7 Å². The molecule has 1 saturated heterocycles. The van der Waals surface area contributed by atoms with Crippen molar-refractivity contribution in [2.24, 2.45) is 7.05 Å². The number of rotatable bonds is 5. The quantitative estimate of drug-likeness (QED) is 0.496. The second-order valence-electron chi connectivity index (χ2n) is 6.79. The van der Waals surface area contributed by atoms with E-state index in [0.717, 1.165) is 0 Å². The first-order valence-electron chi connectivity index (χ1n) is 9.09. The normalized spacial score (nSPS) is 15.7. The lowest BCUT2D eigenvalue weighted by molar-refractivity contribution is -0.385. The lowest BCUT2D eigenvalue weighted by Gasteiger charge is -2.33. The third-order valence-electron chi connectivity index (χ3n) is 4.94. The van der Waals surface area contributed by atoms with Crippen molar-refractivity contribution in [3.63, 3.8) is 0 Å². The monoisotopic (exact) mass is 425 g/mol. The molecule has 1 amide bonds. The molecule has 3 rings (SSSR count). The Labute approximate surface area is 167 Å². The van der Waals surface area contributed by atoms with Crippen LogP contribution in [0.2, 0.25) is 0 Å². The minimum absolute atomic E-state index is 0.0927. The molecular formula is C16H23N7O5S. The average Bonchev–Trinajstić information content (AvgIpc) is 3.20. The van der Waals surface area contributed by atoms with Gasteiger partial charge in [-0.05, 0) is 20.8 Å². The first-order chi connectivity index (χ1) is 13.6. The first-order valence-corrected chi connectivity index (χ1v) is 10.5. The van der Waals surface area contributed by atoms with Gasteiger partial charge in [-0.25, -0.2) is 8.42 Å². The zero-order chi connectivity index (χ0) is 21.5. The zero-order valence-electron chi connectivity index (χ0n) is 16.7. The fraction of sp³-hybridized carbons (Fsp3) is 0.562. The van der Waals surface area contributed by atoms with E-state index < -0.39 is 20.9 Å². The van der Waals surface area contributed by atoms with Crippen LogP contribution in [-0.4, -0.2) is 74.2 Å². The first kappa shape index (κ1) is 20.9. The van der Waals surface area contributed by atoms with Crippen LogP contribution in [0, 0.1) is 24.0 Å². The fourth-order valence-corrected chi connectivity index (χ4v) is 5.03. The van der Waals surface area contributed by atoms with Crippen LogP contribution < -0.4 is 0 Å². The molecule has 0 atom stereocenters. The Kier molecular flexibility index (Phi) is 5.45. The van der Waals surface area contributed by atoms with E-state index in [1.165, 1.54) is 34.1 Å². The lowest BCUT2D eigenvalue weighted by Crippen LogP contribution is -2.50. The molecule has 0 aliphatic carbocycles. The van der Waals surface area contributed by atoms with Crippen LogP contribution in [0.5, 0.6) is 0 Å². The minimum atomic E-state index is -3.74. The minimum Gasteiger partial charge on any atom is -0.334 e. The summed E-state index contributed by atoms with van der Waals surface area (Å²) in [5, 5.41) is 19.5. The van der Waals surface area contributed by atoms with Crippen molar-refractivity contribution in [3.05, 3.63) is 33.4 Å². The van der Waals surface area contributed by atoms with Gasteiger partial charge in [0.05, 0.1) is 10.6 Å². The molecule has 0 aromatic carbocycles. The Hall–Kier alpha value is -2.80. The Balaban J connectivity index is 1.78. The summed E-state index contributed by atoms with van der Waals surface area (Å²) in [6, 6.07) is 0. The Morgan fingerprint density at radius 3 is 2.31 bits per heavy atom. The molecule has 158 valence electrons. The van der Waals surface area contributed by atoms with Gasteiger partial charge < -0.3 is 4.90 Å². The number of aromatic nitrogens is 4. The van der Waals surface area contributed by atoms with E-state index in [9.17, 15) is 23.3 Å². The van der Waals surface area contributed by atoms with Gasteiger partial charge in [-0.3, -0.25) is 24.3 Å². The van der Waals surface area contributed by atoms with Gasteiger partial charge >= 0.3 is 5.69 Å². The number of sulfonamides is 1. The summed E-state index contributed by atoms with van der Waals surface area (Å²) in [6.45, 7) is 5.97. The van der Waals surface area contributed by atoms with Crippen molar-refractivity contribution in [1.82, 2.24) is 28.8 Å². The van der Waals surface area contributed by atoms with E-state index in [1.54, 1.807) is 11.6 Å². The second kappa shape index (κ2) is 7.55. The van der Waals surface area contributed by atoms with E-state index in [-0.39, 0.29) is 48.1 Å². The molecule has 12 nitrogen and oxygen atoms in total. The van der Waals surface area contributed by atoms with Gasteiger partial charge in [0.1, 0.15) is 10.6 Å². The van der Waals surface area contributed by atoms with E-state index in [0.29, 0.717) is 12.2 Å². The highest BCUT2D eigenvalue weighted by Gasteiger charge is 2.36. The topological polar surface area (TPSA) is 136 Å². The molecule has 2 aromatic rings. The van der Waals surface area contributed by atoms with Gasteiger partial charge in [-0.15, -0.1) is 0 Å². The van der Waals surface area contributed by atoms with E-state index in [2.05, 4.69) is 10.2 Å². The Morgan fingerprint density at radius 1 is 1.17 bits per heavy atom. The summed E-state index contributed by atoms with van der Waals surface area (Å²) in [6.07, 6.45) is 1.50. The molecule has 0 bridgehead atoms. The molecule has 29 heavy (non-hydrogen) atoms. The maximum absolute atomic E-state index is 13.0. The van der Waals surface area contributed by atoms with Gasteiger partial charge in [0, 0.05) is 46.0 Å². The maximum atomic E-state index is 13.0. The largest absolute Gasteiger partial charge is 0.334 e. The number of aryl methyl sites for hydroxylation is 4. The predicted molar refractivity (Wildman–Crippen MR) is 102 cm³/mol. The molecule has 0 unspecified atom stereocenters. The van der Waals surface area contributed by atoms with Crippen LogP contribution in [-0.2, 0) is 23.6 Å². The predicted octanol–water partition coefficient (Wildman–Crippen LogP) is 0.308. The summed E-state index contributed by atoms with van der Waals surface area (Å²) in [5.41, 5.74) is 0.149. The van der Waals surface area contributed by atoms with Crippen molar-refractivity contribution >= 4 is 21.6 Å². The average molecular weight is 425 g/mol. The standard InChI is InChI=1S/C16H23N7O5S/c1-5-21-10-13(11(2)18-21)29(27,28)22-8-6-20(7-9-22)16(24)15-14(23(25)26)12(3)17-19(15)4/h10H,5-9H2,1-4H3. The number of piperazine rings is 1. The van der Waals surface area contributed by atoms with Crippen LogP contribution >= 0.6 is 0 Å². The molecular weight excluding hydrogens is 402 g/mol. The van der Waals surface area contributed by atoms with Crippen molar-refractivity contribution < 1.29 is 18.1 Å². The Bertz CT molecular complexity index is 1060. The number of hydrogen-bond donors (Lipinski definition) is 0. The molecule has 0 saturated carbocycles. The molecule has 3 heterocycles. The van der Waals surface area contributed by atoms with Crippen LogP contribution in [0.3, 0.4) is 0 Å². The number of nitrogens with zero attached hydrogens (tertiary/aromatic N) is 7. The fourth-order valence-electron chi connectivity index (χ4n) is 3.44. The maximum Gasteiger partial charge on any atom is 0.322 e. The third-order valence-corrected chi connectivity index (χ3v) is 6.95. The van der Waals surface area contributed by atoms with Gasteiger partial charge in [0.15, 0.2) is 0 Å². The number of amides is 1. The summed E-state index contributed by atoms with van der Waals surface area (Å²) in [7, 11) is -2.26. The summed E-state index contributed by atoms with van der Waals surface area (Å²) < 4.78 is 30.0. The van der Waals surface area contributed by atoms with Crippen molar-refractivity contribution in [1.29, 1.82) is 0 Å². The van der Waals surface area contributed by atoms with Crippen LogP contribution in [0.1, 0.15) is 28.8 Å². The van der Waals surface area contributed by atoms with Crippen LogP contribution in [0.15, 0.2) is 11.1 Å². The van der Waals surface area contributed by atoms with Gasteiger partial charge in [-0.1, -0.05) is 0 Å². The lowest BCUT2D eigenvalue weighted by atomic mass is 10.2. The van der Waals surface area contributed by atoms with Crippen LogP contribution in [0.25, 0.3) is 0 Å². The van der Waals surface area contributed by atoms with E-state index >= 15 is 0 Å². The van der Waals surface area contributed by atoms with E-state index in [4.69, 9.17) is 0 Å². The summed E-state index contributed by atoms with van der Waals surface area (Å²) >= 11 is 0. The smallest absolute Gasteiger partial charge is 0.322 e. The second-order valence-corrected chi connectivity index (χ2v) is 8.70. The Morgan fingerprint density at radius 2 is 1.79 bits per heavy atom. The van der Waals surface area contributed by atoms with Crippen molar-refractivity contribution in [3.8, 4) is 0 Å². The molecule has 1 aliphatic heterocycles. The number of carbonyl (C=O) groups excluding carboxylic acids is 1. The van der Waals surface area contributed by atoms with Crippen molar-refractivity contribution in [2.75, 3.05) is 26.2 Å². The highest BCUT2D eigenvalue weighted by atomic mass is 32.2. The molecule has 0 spiro atoms. The molecule has 1 aliphatic rings. The number of hydrogen-bond acceptors (Lipinski definition) is 7. The van der Waals surface area contributed by atoms with E-state index in [1.807, 2.05) is 6.92 Å². The molecule has 0 radical (unpaired) electrons. The molecule has 0 N–H and O–H groups in total. The number of carbonyl (C=O) groups is 1. The van der Waals surface area contributed by atoms with Crippen molar-refractivity contribution in [2.45, 2.75) is 32.2 Å². The SMILES string of the molecule is CCn1cc(S(=O)(=O)N2CCN(C(=O)c3c([N+](=O)[O-])c(C)nn3C)CC2)c(C)n1.